The molecule has 0 aliphatic heterocycles. The Bertz CT molecular complexity index is 636. The van der Waals surface area contributed by atoms with E-state index in [9.17, 15) is 8.42 Å². The third-order valence-corrected chi connectivity index (χ3v) is 5.41. The van der Waals surface area contributed by atoms with Gasteiger partial charge in [-0.15, -0.1) is 16.4 Å². The van der Waals surface area contributed by atoms with E-state index in [4.69, 9.17) is 0 Å². The maximum absolute atomic E-state index is 12.3. The molecule has 0 amide bonds. The van der Waals surface area contributed by atoms with Crippen molar-refractivity contribution in [3.8, 4) is 0 Å². The molecule has 2 rings (SSSR count). The van der Waals surface area contributed by atoms with Gasteiger partial charge < -0.3 is 5.32 Å². The Morgan fingerprint density at radius 2 is 2.24 bits per heavy atom. The Balaban J connectivity index is 1.94. The first-order valence-electron chi connectivity index (χ1n) is 6.74. The van der Waals surface area contributed by atoms with Crippen molar-refractivity contribution in [1.82, 2.24) is 25.0 Å². The third kappa shape index (κ3) is 4.60. The van der Waals surface area contributed by atoms with E-state index < -0.39 is 10.0 Å². The highest BCUT2D eigenvalue weighted by Crippen LogP contribution is 2.21. The summed E-state index contributed by atoms with van der Waals surface area (Å²) in [6.07, 6.45) is 4.27. The van der Waals surface area contributed by atoms with Crippen LogP contribution in [0.5, 0.6) is 0 Å². The Morgan fingerprint density at radius 1 is 1.38 bits per heavy atom. The average molecular weight is 329 g/mol. The summed E-state index contributed by atoms with van der Waals surface area (Å²) in [5.74, 6) is 0. The van der Waals surface area contributed by atoms with Crippen LogP contribution in [0.1, 0.15) is 18.2 Å². The van der Waals surface area contributed by atoms with Crippen LogP contribution in [0, 0.1) is 0 Å². The average Bonchev–Trinajstić information content (AvgIpc) is 3.10. The minimum Gasteiger partial charge on any atom is -0.312 e. The van der Waals surface area contributed by atoms with E-state index in [2.05, 4.69) is 27.3 Å². The summed E-state index contributed by atoms with van der Waals surface area (Å²) in [5.41, 5.74) is 0. The quantitative estimate of drug-likeness (QED) is 0.665. The fraction of sp³-hybridized carbons (Fsp3) is 0.500. The first-order valence-corrected chi connectivity index (χ1v) is 9.10. The summed E-state index contributed by atoms with van der Waals surface area (Å²) in [4.78, 5) is 1.19. The molecule has 0 unspecified atom stereocenters. The van der Waals surface area contributed by atoms with Crippen molar-refractivity contribution in [2.45, 2.75) is 31.3 Å². The molecule has 0 fully saturated rings. The topological polar surface area (TPSA) is 88.9 Å². The van der Waals surface area contributed by atoms with Gasteiger partial charge in [-0.1, -0.05) is 12.1 Å². The van der Waals surface area contributed by atoms with Crippen LogP contribution in [0.25, 0.3) is 0 Å². The van der Waals surface area contributed by atoms with E-state index in [1.807, 2.05) is 0 Å². The molecular formula is C12H19N5O2S2. The van der Waals surface area contributed by atoms with E-state index >= 15 is 0 Å². The monoisotopic (exact) mass is 329 g/mol. The maximum atomic E-state index is 12.3. The van der Waals surface area contributed by atoms with Gasteiger partial charge in [0.2, 0.25) is 10.0 Å². The Labute approximate surface area is 128 Å². The normalized spacial score (nSPS) is 11.9. The first kappa shape index (κ1) is 16.1. The molecule has 7 nitrogen and oxygen atoms in total. The summed E-state index contributed by atoms with van der Waals surface area (Å²) >= 11 is 1.45. The molecule has 0 spiro atoms. The lowest BCUT2D eigenvalue weighted by atomic mass is 10.4. The molecule has 2 heterocycles. The lowest BCUT2D eigenvalue weighted by molar-refractivity contribution is 0.552. The number of hydrogen-bond donors (Lipinski definition) is 2. The van der Waals surface area contributed by atoms with Gasteiger partial charge in [-0.2, -0.15) is 0 Å². The Kier molecular flexibility index (Phi) is 5.85. The summed E-state index contributed by atoms with van der Waals surface area (Å²) in [5, 5.41) is 12.5. The molecule has 0 aliphatic rings. The van der Waals surface area contributed by atoms with E-state index in [0.29, 0.717) is 18.0 Å². The van der Waals surface area contributed by atoms with E-state index in [0.717, 1.165) is 17.8 Å². The number of nitrogens with one attached hydrogen (secondary N) is 2. The summed E-state index contributed by atoms with van der Waals surface area (Å²) in [6.45, 7) is 4.25. The van der Waals surface area contributed by atoms with Gasteiger partial charge in [0.15, 0.2) is 0 Å². The molecular weight excluding hydrogens is 310 g/mol. The van der Waals surface area contributed by atoms with Gasteiger partial charge in [-0.25, -0.2) is 13.1 Å². The highest BCUT2D eigenvalue weighted by atomic mass is 32.2. The molecule has 0 saturated heterocycles. The van der Waals surface area contributed by atoms with Crippen LogP contribution >= 0.6 is 11.3 Å². The number of rotatable bonds is 9. The highest BCUT2D eigenvalue weighted by molar-refractivity contribution is 7.89. The zero-order chi connectivity index (χ0) is 15.1. The molecule has 2 aromatic heterocycles. The van der Waals surface area contributed by atoms with Crippen molar-refractivity contribution in [2.75, 3.05) is 13.1 Å². The maximum Gasteiger partial charge on any atom is 0.241 e. The van der Waals surface area contributed by atoms with Crippen LogP contribution in [0.3, 0.4) is 0 Å². The molecule has 2 N–H and O–H groups in total. The van der Waals surface area contributed by atoms with Gasteiger partial charge in [-0.05, 0) is 24.4 Å². The van der Waals surface area contributed by atoms with Crippen molar-refractivity contribution in [3.05, 3.63) is 28.7 Å². The molecule has 0 radical (unpaired) electrons. The van der Waals surface area contributed by atoms with Crippen molar-refractivity contribution in [3.63, 3.8) is 0 Å². The molecule has 116 valence electrons. The molecule has 0 aromatic carbocycles. The third-order valence-electron chi connectivity index (χ3n) is 2.81. The van der Waals surface area contributed by atoms with Gasteiger partial charge >= 0.3 is 0 Å². The number of sulfonamides is 1. The van der Waals surface area contributed by atoms with Crippen molar-refractivity contribution in [1.29, 1.82) is 0 Å². The second-order valence-electron chi connectivity index (χ2n) is 4.45. The van der Waals surface area contributed by atoms with Gasteiger partial charge in [0.25, 0.3) is 0 Å². The smallest absolute Gasteiger partial charge is 0.241 e. The van der Waals surface area contributed by atoms with Crippen molar-refractivity contribution < 1.29 is 8.42 Å². The summed E-state index contributed by atoms with van der Waals surface area (Å²) in [7, 11) is -3.48. The molecule has 2 aromatic rings. The number of nitrogens with zero attached hydrogens (tertiary/aromatic N) is 3. The Morgan fingerprint density at radius 3 is 2.95 bits per heavy atom. The SMILES string of the molecule is CCCNCc1sccc1S(=O)(=O)NCCn1ccnn1. The minimum atomic E-state index is -3.48. The molecule has 0 atom stereocenters. The molecule has 0 saturated carbocycles. The van der Waals surface area contributed by atoms with Crippen LogP contribution in [0.4, 0.5) is 0 Å². The van der Waals surface area contributed by atoms with E-state index in [1.54, 1.807) is 28.5 Å². The molecule has 21 heavy (non-hydrogen) atoms. The minimum absolute atomic E-state index is 0.281. The second-order valence-corrected chi connectivity index (χ2v) is 7.18. The predicted octanol–water partition coefficient (Wildman–Crippen LogP) is 0.818. The number of thiophene rings is 1. The lowest BCUT2D eigenvalue weighted by Crippen LogP contribution is -2.28. The van der Waals surface area contributed by atoms with Gasteiger partial charge in [0.1, 0.15) is 0 Å². The lowest BCUT2D eigenvalue weighted by Gasteiger charge is -2.08. The fourth-order valence-corrected chi connectivity index (χ4v) is 4.23. The molecule has 0 aliphatic carbocycles. The predicted molar refractivity (Wildman–Crippen MR) is 81.5 cm³/mol. The van der Waals surface area contributed by atoms with Crippen molar-refractivity contribution in [2.24, 2.45) is 0 Å². The number of aromatic nitrogens is 3. The summed E-state index contributed by atoms with van der Waals surface area (Å²) in [6, 6.07) is 1.64. The fourth-order valence-electron chi connectivity index (χ4n) is 1.80. The number of hydrogen-bond acceptors (Lipinski definition) is 6. The van der Waals surface area contributed by atoms with E-state index in [1.165, 1.54) is 11.3 Å². The molecule has 0 bridgehead atoms. The van der Waals surface area contributed by atoms with Crippen LogP contribution in [-0.4, -0.2) is 36.5 Å². The zero-order valence-corrected chi connectivity index (χ0v) is 13.5. The zero-order valence-electron chi connectivity index (χ0n) is 11.8. The van der Waals surface area contributed by atoms with Crippen LogP contribution in [0.2, 0.25) is 0 Å². The van der Waals surface area contributed by atoms with Crippen LogP contribution in [-0.2, 0) is 23.1 Å². The van der Waals surface area contributed by atoms with Crippen LogP contribution in [0.15, 0.2) is 28.7 Å². The van der Waals surface area contributed by atoms with Gasteiger partial charge in [0, 0.05) is 24.2 Å². The van der Waals surface area contributed by atoms with Gasteiger partial charge in [-0.3, -0.25) is 4.68 Å². The highest BCUT2D eigenvalue weighted by Gasteiger charge is 2.18. The standard InChI is InChI=1S/C12H19N5O2S2/c1-2-4-13-10-11-12(3-9-20-11)21(18,19)15-6-8-17-7-5-14-16-17/h3,5,7,9,13,15H,2,4,6,8,10H2,1H3. The van der Waals surface area contributed by atoms with Gasteiger partial charge in [0.05, 0.1) is 17.6 Å². The first-order chi connectivity index (χ1) is 10.1. The molecule has 9 heteroatoms. The van der Waals surface area contributed by atoms with E-state index in [-0.39, 0.29) is 6.54 Å². The van der Waals surface area contributed by atoms with Crippen LogP contribution < -0.4 is 10.0 Å². The second kappa shape index (κ2) is 7.64. The largest absolute Gasteiger partial charge is 0.312 e. The van der Waals surface area contributed by atoms with Crippen molar-refractivity contribution >= 4 is 21.4 Å². The summed E-state index contributed by atoms with van der Waals surface area (Å²) < 4.78 is 28.8. The Hall–Kier alpha value is -1.29.